The smallest absolute Gasteiger partial charge is 0.410 e. The molecule has 40 heavy (non-hydrogen) atoms. The number of aromatic amines is 1. The molecule has 4 amide bonds. The third-order valence-electron chi connectivity index (χ3n) is 5.86. The molecule has 2 aromatic carbocycles. The third-order valence-corrected chi connectivity index (χ3v) is 6.18. The van der Waals surface area contributed by atoms with E-state index in [1.807, 2.05) is 0 Å². The SMILES string of the molecule is CC(C)(C)OC(=O)N1CCN(C(=O)c2[nH]cnc2C(=O)Nc2ccc(NC(=O)c3ccc(F)cc3Cl)cc2)CC1. The summed E-state index contributed by atoms with van der Waals surface area (Å²) in [7, 11) is 0. The van der Waals surface area contributed by atoms with E-state index in [0.717, 1.165) is 12.1 Å². The molecule has 3 N–H and O–H groups in total. The van der Waals surface area contributed by atoms with Crippen LogP contribution in [0.4, 0.5) is 20.6 Å². The maximum absolute atomic E-state index is 13.2. The molecule has 210 valence electrons. The second kappa shape index (κ2) is 11.7. The molecule has 1 aliphatic rings. The Morgan fingerprint density at radius 2 is 1.50 bits per heavy atom. The number of carbonyl (C=O) groups excluding carboxylic acids is 4. The number of nitrogens with zero attached hydrogens (tertiary/aromatic N) is 3. The summed E-state index contributed by atoms with van der Waals surface area (Å²) in [6.45, 7) is 6.50. The van der Waals surface area contributed by atoms with Crippen LogP contribution in [0.2, 0.25) is 5.02 Å². The number of piperazine rings is 1. The van der Waals surface area contributed by atoms with Gasteiger partial charge in [-0.2, -0.15) is 0 Å². The quantitative estimate of drug-likeness (QED) is 0.416. The van der Waals surface area contributed by atoms with Gasteiger partial charge >= 0.3 is 6.09 Å². The number of amides is 4. The van der Waals surface area contributed by atoms with Crippen molar-refractivity contribution < 1.29 is 28.3 Å². The van der Waals surface area contributed by atoms with Crippen molar-refractivity contribution in [1.82, 2.24) is 19.8 Å². The van der Waals surface area contributed by atoms with Crippen molar-refractivity contribution in [2.24, 2.45) is 0 Å². The molecule has 4 rings (SSSR count). The molecule has 1 aliphatic heterocycles. The molecule has 0 radical (unpaired) electrons. The number of halogens is 2. The fourth-order valence-corrected chi connectivity index (χ4v) is 4.16. The highest BCUT2D eigenvalue weighted by atomic mass is 35.5. The van der Waals surface area contributed by atoms with Gasteiger partial charge in [0.25, 0.3) is 17.7 Å². The highest BCUT2D eigenvalue weighted by Gasteiger charge is 2.30. The van der Waals surface area contributed by atoms with Crippen LogP contribution in [0.1, 0.15) is 52.1 Å². The minimum absolute atomic E-state index is 0.0179. The van der Waals surface area contributed by atoms with Crippen molar-refractivity contribution in [3.63, 3.8) is 0 Å². The van der Waals surface area contributed by atoms with Gasteiger partial charge in [-0.05, 0) is 63.2 Å². The first kappa shape index (κ1) is 28.6. The molecular formula is C27H28ClFN6O5. The zero-order chi connectivity index (χ0) is 29.0. The molecule has 1 fully saturated rings. The lowest BCUT2D eigenvalue weighted by Gasteiger charge is -2.35. The minimum atomic E-state index is -0.616. The van der Waals surface area contributed by atoms with Crippen molar-refractivity contribution >= 4 is 46.8 Å². The van der Waals surface area contributed by atoms with Gasteiger partial charge in [0.1, 0.15) is 17.1 Å². The lowest BCUT2D eigenvalue weighted by molar-refractivity contribution is 0.0140. The molecular weight excluding hydrogens is 543 g/mol. The Labute approximate surface area is 234 Å². The van der Waals surface area contributed by atoms with Gasteiger partial charge in [-0.15, -0.1) is 0 Å². The zero-order valence-corrected chi connectivity index (χ0v) is 22.8. The van der Waals surface area contributed by atoms with Crippen LogP contribution in [0, 0.1) is 5.82 Å². The standard InChI is InChI=1S/C27H28ClFN6O5/c1-27(2,3)40-26(39)35-12-10-34(11-13-35)25(38)22-21(30-15-31-22)24(37)33-18-7-5-17(6-8-18)32-23(36)19-9-4-16(29)14-20(19)28/h4-9,14-15H,10-13H2,1-3H3,(H,30,31)(H,32,36)(H,33,37). The largest absolute Gasteiger partial charge is 0.444 e. The van der Waals surface area contributed by atoms with Gasteiger partial charge < -0.3 is 30.2 Å². The predicted molar refractivity (Wildman–Crippen MR) is 146 cm³/mol. The van der Waals surface area contributed by atoms with Gasteiger partial charge in [0.05, 0.1) is 16.9 Å². The first-order valence-corrected chi connectivity index (χ1v) is 12.8. The van der Waals surface area contributed by atoms with Crippen molar-refractivity contribution in [1.29, 1.82) is 0 Å². The number of rotatable bonds is 5. The number of H-pyrrole nitrogens is 1. The van der Waals surface area contributed by atoms with E-state index in [2.05, 4.69) is 20.6 Å². The zero-order valence-electron chi connectivity index (χ0n) is 22.1. The summed E-state index contributed by atoms with van der Waals surface area (Å²) < 4.78 is 18.6. The summed E-state index contributed by atoms with van der Waals surface area (Å²) >= 11 is 5.94. The molecule has 3 aromatic rings. The lowest BCUT2D eigenvalue weighted by atomic mass is 10.2. The van der Waals surface area contributed by atoms with Gasteiger partial charge in [-0.1, -0.05) is 11.6 Å². The van der Waals surface area contributed by atoms with Gasteiger partial charge in [0.15, 0.2) is 5.69 Å². The van der Waals surface area contributed by atoms with Crippen LogP contribution in [0.25, 0.3) is 0 Å². The number of ether oxygens (including phenoxy) is 1. The number of nitrogens with one attached hydrogen (secondary N) is 3. The van der Waals surface area contributed by atoms with E-state index in [4.69, 9.17) is 16.3 Å². The number of benzene rings is 2. The molecule has 1 saturated heterocycles. The molecule has 0 bridgehead atoms. The number of hydrogen-bond donors (Lipinski definition) is 3. The Morgan fingerprint density at radius 1 is 0.925 bits per heavy atom. The topological polar surface area (TPSA) is 137 Å². The number of anilines is 2. The van der Waals surface area contributed by atoms with Crippen LogP contribution in [0.15, 0.2) is 48.8 Å². The Bertz CT molecular complexity index is 1430. The van der Waals surface area contributed by atoms with E-state index >= 15 is 0 Å². The Hall–Kier alpha value is -4.45. The molecule has 13 heteroatoms. The van der Waals surface area contributed by atoms with Crippen molar-refractivity contribution in [2.45, 2.75) is 26.4 Å². The van der Waals surface area contributed by atoms with Crippen LogP contribution in [-0.2, 0) is 4.74 Å². The van der Waals surface area contributed by atoms with Crippen LogP contribution < -0.4 is 10.6 Å². The maximum Gasteiger partial charge on any atom is 0.410 e. The van der Waals surface area contributed by atoms with E-state index in [-0.39, 0.29) is 35.1 Å². The van der Waals surface area contributed by atoms with E-state index in [9.17, 15) is 23.6 Å². The predicted octanol–water partition coefficient (Wildman–Crippen LogP) is 4.40. The highest BCUT2D eigenvalue weighted by Crippen LogP contribution is 2.21. The summed E-state index contributed by atoms with van der Waals surface area (Å²) in [5, 5.41) is 5.31. The second-order valence-electron chi connectivity index (χ2n) is 10.00. The van der Waals surface area contributed by atoms with Gasteiger partial charge in [-0.25, -0.2) is 14.2 Å². The fraction of sp³-hybridized carbons (Fsp3) is 0.296. The molecule has 11 nitrogen and oxygen atoms in total. The number of carbonyl (C=O) groups is 4. The van der Waals surface area contributed by atoms with E-state index in [0.29, 0.717) is 24.5 Å². The lowest BCUT2D eigenvalue weighted by Crippen LogP contribution is -2.51. The summed E-state index contributed by atoms with van der Waals surface area (Å²) in [6, 6.07) is 9.71. The van der Waals surface area contributed by atoms with Gasteiger partial charge in [0, 0.05) is 37.6 Å². The Balaban J connectivity index is 1.34. The van der Waals surface area contributed by atoms with Gasteiger partial charge in [-0.3, -0.25) is 14.4 Å². The molecule has 1 aromatic heterocycles. The summed E-state index contributed by atoms with van der Waals surface area (Å²) in [6.07, 6.45) is 0.823. The van der Waals surface area contributed by atoms with Crippen molar-refractivity contribution in [3.8, 4) is 0 Å². The number of hydrogen-bond acceptors (Lipinski definition) is 6. The van der Waals surface area contributed by atoms with E-state index < -0.39 is 35.2 Å². The number of imidazole rings is 1. The maximum atomic E-state index is 13.2. The van der Waals surface area contributed by atoms with Crippen LogP contribution >= 0.6 is 11.6 Å². The highest BCUT2D eigenvalue weighted by molar-refractivity contribution is 6.34. The fourth-order valence-electron chi connectivity index (χ4n) is 3.91. The van der Waals surface area contributed by atoms with E-state index in [1.54, 1.807) is 45.0 Å². The molecule has 0 spiro atoms. The Kier molecular flexibility index (Phi) is 8.38. The molecule has 0 atom stereocenters. The molecule has 0 aliphatic carbocycles. The monoisotopic (exact) mass is 570 g/mol. The van der Waals surface area contributed by atoms with Crippen LogP contribution in [0.3, 0.4) is 0 Å². The second-order valence-corrected chi connectivity index (χ2v) is 10.4. The molecule has 2 heterocycles. The summed E-state index contributed by atoms with van der Waals surface area (Å²) in [4.78, 5) is 60.6. The Morgan fingerprint density at radius 3 is 2.08 bits per heavy atom. The molecule has 0 unspecified atom stereocenters. The van der Waals surface area contributed by atoms with Crippen LogP contribution in [0.5, 0.6) is 0 Å². The van der Waals surface area contributed by atoms with Gasteiger partial charge in [0.2, 0.25) is 0 Å². The summed E-state index contributed by atoms with van der Waals surface area (Å²) in [5.41, 5.74) is 0.266. The number of aromatic nitrogens is 2. The first-order valence-electron chi connectivity index (χ1n) is 12.4. The van der Waals surface area contributed by atoms with Crippen LogP contribution in [-0.4, -0.2) is 75.4 Å². The third kappa shape index (κ3) is 6.94. The first-order chi connectivity index (χ1) is 18.9. The summed E-state index contributed by atoms with van der Waals surface area (Å²) in [5.74, 6) is -2.09. The average Bonchev–Trinajstić information content (AvgIpc) is 3.39. The molecule has 0 saturated carbocycles. The normalized spacial score (nSPS) is 13.5. The van der Waals surface area contributed by atoms with Crippen molar-refractivity contribution in [2.75, 3.05) is 36.8 Å². The minimum Gasteiger partial charge on any atom is -0.444 e. The average molecular weight is 571 g/mol. The van der Waals surface area contributed by atoms with E-state index in [1.165, 1.54) is 22.2 Å². The van der Waals surface area contributed by atoms with Crippen molar-refractivity contribution in [3.05, 3.63) is 76.6 Å².